The van der Waals surface area contributed by atoms with Gasteiger partial charge in [-0.2, -0.15) is 0 Å². The molecule has 0 saturated heterocycles. The van der Waals surface area contributed by atoms with Crippen molar-refractivity contribution >= 4 is 17.3 Å². The van der Waals surface area contributed by atoms with Gasteiger partial charge in [0.1, 0.15) is 5.75 Å². The summed E-state index contributed by atoms with van der Waals surface area (Å²) in [4.78, 5) is 12.7. The van der Waals surface area contributed by atoms with Gasteiger partial charge < -0.3 is 15.4 Å². The number of unbranched alkanes of at least 4 members (excludes halogenated alkanes) is 1. The lowest BCUT2D eigenvalue weighted by molar-refractivity contribution is 0.102. The molecule has 0 bridgehead atoms. The highest BCUT2D eigenvalue weighted by atomic mass is 16.5. The Morgan fingerprint density at radius 3 is 2.50 bits per heavy atom. The molecule has 4 nitrogen and oxygen atoms in total. The summed E-state index contributed by atoms with van der Waals surface area (Å²) in [5.41, 5.74) is 4.88. The van der Waals surface area contributed by atoms with Crippen LogP contribution in [0, 0.1) is 0 Å². The SMILES string of the molecule is CCCCOc1ccc(NC(=O)c2cccc(CNc3ccccc3CC)c2)cc1. The molecule has 0 aromatic heterocycles. The topological polar surface area (TPSA) is 50.4 Å². The first-order valence-corrected chi connectivity index (χ1v) is 10.6. The van der Waals surface area contributed by atoms with E-state index in [0.29, 0.717) is 18.7 Å². The van der Waals surface area contributed by atoms with Gasteiger partial charge in [-0.15, -0.1) is 0 Å². The molecule has 4 heteroatoms. The minimum Gasteiger partial charge on any atom is -0.494 e. The second-order valence-corrected chi connectivity index (χ2v) is 7.25. The molecule has 30 heavy (non-hydrogen) atoms. The number of hydrogen-bond acceptors (Lipinski definition) is 3. The summed E-state index contributed by atoms with van der Waals surface area (Å²) < 4.78 is 5.67. The van der Waals surface area contributed by atoms with Gasteiger partial charge in [0.25, 0.3) is 5.91 Å². The van der Waals surface area contributed by atoms with E-state index >= 15 is 0 Å². The summed E-state index contributed by atoms with van der Waals surface area (Å²) in [6.45, 7) is 5.67. The fraction of sp³-hybridized carbons (Fsp3) is 0.269. The van der Waals surface area contributed by atoms with Gasteiger partial charge in [-0.3, -0.25) is 4.79 Å². The van der Waals surface area contributed by atoms with Crippen LogP contribution in [0.15, 0.2) is 72.8 Å². The van der Waals surface area contributed by atoms with Crippen molar-refractivity contribution in [1.82, 2.24) is 0 Å². The average molecular weight is 403 g/mol. The zero-order chi connectivity index (χ0) is 21.2. The van der Waals surface area contributed by atoms with Crippen LogP contribution < -0.4 is 15.4 Å². The number of amides is 1. The molecule has 0 unspecified atom stereocenters. The highest BCUT2D eigenvalue weighted by molar-refractivity contribution is 6.04. The Morgan fingerprint density at radius 1 is 0.933 bits per heavy atom. The third-order valence-electron chi connectivity index (χ3n) is 4.95. The molecule has 0 heterocycles. The van der Waals surface area contributed by atoms with E-state index in [1.807, 2.05) is 54.6 Å². The average Bonchev–Trinajstić information content (AvgIpc) is 2.79. The van der Waals surface area contributed by atoms with Crippen LogP contribution in [0.1, 0.15) is 48.2 Å². The fourth-order valence-corrected chi connectivity index (χ4v) is 3.19. The zero-order valence-electron chi connectivity index (χ0n) is 17.8. The molecule has 0 aliphatic heterocycles. The number of carbonyl (C=O) groups is 1. The molecule has 0 radical (unpaired) electrons. The summed E-state index contributed by atoms with van der Waals surface area (Å²) in [5.74, 6) is 0.701. The molecule has 0 saturated carbocycles. The monoisotopic (exact) mass is 402 g/mol. The Bertz CT molecular complexity index is 951. The van der Waals surface area contributed by atoms with Crippen molar-refractivity contribution in [2.45, 2.75) is 39.7 Å². The maximum atomic E-state index is 12.7. The predicted molar refractivity (Wildman–Crippen MR) is 124 cm³/mol. The van der Waals surface area contributed by atoms with Crippen LogP contribution in [-0.2, 0) is 13.0 Å². The second kappa shape index (κ2) is 11.1. The molecule has 0 aliphatic rings. The predicted octanol–water partition coefficient (Wildman–Crippen LogP) is 6.29. The zero-order valence-corrected chi connectivity index (χ0v) is 17.8. The highest BCUT2D eigenvalue weighted by Gasteiger charge is 2.08. The lowest BCUT2D eigenvalue weighted by atomic mass is 10.1. The van der Waals surface area contributed by atoms with Crippen LogP contribution in [0.4, 0.5) is 11.4 Å². The molecule has 0 atom stereocenters. The minimum atomic E-state index is -0.120. The van der Waals surface area contributed by atoms with E-state index in [0.717, 1.165) is 42.0 Å². The number of rotatable bonds is 10. The first-order valence-electron chi connectivity index (χ1n) is 10.6. The van der Waals surface area contributed by atoms with Crippen LogP contribution in [0.25, 0.3) is 0 Å². The van der Waals surface area contributed by atoms with Crippen molar-refractivity contribution in [2.24, 2.45) is 0 Å². The Morgan fingerprint density at radius 2 is 1.73 bits per heavy atom. The highest BCUT2D eigenvalue weighted by Crippen LogP contribution is 2.19. The third kappa shape index (κ3) is 6.11. The maximum Gasteiger partial charge on any atom is 0.255 e. The number of aryl methyl sites for hydroxylation is 1. The number of ether oxygens (including phenoxy) is 1. The van der Waals surface area contributed by atoms with E-state index in [4.69, 9.17) is 4.74 Å². The van der Waals surface area contributed by atoms with E-state index in [9.17, 15) is 4.79 Å². The summed E-state index contributed by atoms with van der Waals surface area (Å²) >= 11 is 0. The van der Waals surface area contributed by atoms with Crippen molar-refractivity contribution in [3.63, 3.8) is 0 Å². The number of nitrogens with one attached hydrogen (secondary N) is 2. The number of hydrogen-bond donors (Lipinski definition) is 2. The molecule has 0 fully saturated rings. The molecule has 0 aliphatic carbocycles. The summed E-state index contributed by atoms with van der Waals surface area (Å²) in [6.07, 6.45) is 3.12. The van der Waals surface area contributed by atoms with Crippen LogP contribution in [0.2, 0.25) is 0 Å². The summed E-state index contributed by atoms with van der Waals surface area (Å²) in [5, 5.41) is 6.43. The van der Waals surface area contributed by atoms with Crippen molar-refractivity contribution in [1.29, 1.82) is 0 Å². The van der Waals surface area contributed by atoms with Crippen LogP contribution >= 0.6 is 0 Å². The van der Waals surface area contributed by atoms with E-state index in [1.54, 1.807) is 0 Å². The Balaban J connectivity index is 1.59. The maximum absolute atomic E-state index is 12.7. The van der Waals surface area contributed by atoms with E-state index in [2.05, 4.69) is 42.7 Å². The van der Waals surface area contributed by atoms with Gasteiger partial charge in [0.15, 0.2) is 0 Å². The molecule has 3 aromatic carbocycles. The summed E-state index contributed by atoms with van der Waals surface area (Å²) in [6, 6.07) is 23.5. The largest absolute Gasteiger partial charge is 0.494 e. The van der Waals surface area contributed by atoms with E-state index in [-0.39, 0.29) is 5.91 Å². The second-order valence-electron chi connectivity index (χ2n) is 7.25. The quantitative estimate of drug-likeness (QED) is 0.392. The molecular formula is C26H30N2O2. The Kier molecular flexibility index (Phi) is 7.90. The van der Waals surface area contributed by atoms with Gasteiger partial charge in [-0.05, 0) is 66.4 Å². The van der Waals surface area contributed by atoms with Crippen molar-refractivity contribution in [3.8, 4) is 5.75 Å². The Labute approximate surface area is 179 Å². The molecule has 2 N–H and O–H groups in total. The van der Waals surface area contributed by atoms with Gasteiger partial charge >= 0.3 is 0 Å². The fourth-order valence-electron chi connectivity index (χ4n) is 3.19. The molecular weight excluding hydrogens is 372 g/mol. The normalized spacial score (nSPS) is 10.5. The number of anilines is 2. The van der Waals surface area contributed by atoms with E-state index in [1.165, 1.54) is 5.56 Å². The number of benzene rings is 3. The van der Waals surface area contributed by atoms with Gasteiger partial charge in [0.2, 0.25) is 0 Å². The number of carbonyl (C=O) groups excluding carboxylic acids is 1. The van der Waals surface area contributed by atoms with Gasteiger partial charge in [-0.25, -0.2) is 0 Å². The standard InChI is InChI=1S/C26H30N2O2/c1-3-5-17-30-24-15-13-23(14-16-24)28-26(29)22-11-8-9-20(18-22)19-27-25-12-7-6-10-21(25)4-2/h6-16,18,27H,3-5,17,19H2,1-2H3,(H,28,29). The lowest BCUT2D eigenvalue weighted by Gasteiger charge is -2.12. The Hall–Kier alpha value is -3.27. The minimum absolute atomic E-state index is 0.120. The molecule has 3 aromatic rings. The molecule has 1 amide bonds. The molecule has 0 spiro atoms. The van der Waals surface area contributed by atoms with Crippen LogP contribution in [0.5, 0.6) is 5.75 Å². The van der Waals surface area contributed by atoms with Crippen LogP contribution in [-0.4, -0.2) is 12.5 Å². The first-order chi connectivity index (χ1) is 14.7. The molecule has 156 valence electrons. The van der Waals surface area contributed by atoms with Gasteiger partial charge in [-0.1, -0.05) is 50.6 Å². The smallest absolute Gasteiger partial charge is 0.255 e. The van der Waals surface area contributed by atoms with Gasteiger partial charge in [0.05, 0.1) is 6.61 Å². The number of para-hydroxylation sites is 1. The van der Waals surface area contributed by atoms with Gasteiger partial charge in [0, 0.05) is 23.5 Å². The third-order valence-corrected chi connectivity index (χ3v) is 4.95. The molecule has 3 rings (SSSR count). The van der Waals surface area contributed by atoms with Crippen molar-refractivity contribution in [2.75, 3.05) is 17.2 Å². The summed E-state index contributed by atoms with van der Waals surface area (Å²) in [7, 11) is 0. The first kappa shape index (κ1) is 21.4. The lowest BCUT2D eigenvalue weighted by Crippen LogP contribution is -2.12. The van der Waals surface area contributed by atoms with E-state index < -0.39 is 0 Å². The van der Waals surface area contributed by atoms with Crippen molar-refractivity contribution in [3.05, 3.63) is 89.5 Å². The van der Waals surface area contributed by atoms with Crippen LogP contribution in [0.3, 0.4) is 0 Å². The van der Waals surface area contributed by atoms with Crippen molar-refractivity contribution < 1.29 is 9.53 Å².